The predicted molar refractivity (Wildman–Crippen MR) is 88.0 cm³/mol. The molecule has 2 heterocycles. The molecule has 0 atom stereocenters. The van der Waals surface area contributed by atoms with Crippen LogP contribution in [-0.4, -0.2) is 25.4 Å². The van der Waals surface area contributed by atoms with E-state index >= 15 is 0 Å². The Hall–Kier alpha value is -1.89. The van der Waals surface area contributed by atoms with Crippen molar-refractivity contribution in [2.45, 2.75) is 58.5 Å². The molecule has 0 amide bonds. The van der Waals surface area contributed by atoms with Crippen LogP contribution in [0.1, 0.15) is 44.6 Å². The third-order valence-corrected chi connectivity index (χ3v) is 4.02. The minimum absolute atomic E-state index is 0.0264. The fourth-order valence-corrected chi connectivity index (χ4v) is 2.80. The van der Waals surface area contributed by atoms with Gasteiger partial charge in [-0.2, -0.15) is 0 Å². The Bertz CT molecular complexity index is 748. The van der Waals surface area contributed by atoms with Gasteiger partial charge in [0.25, 0.3) is 5.56 Å². The molecule has 1 aromatic rings. The predicted octanol–water partition coefficient (Wildman–Crippen LogP) is 1.89. The molecule has 0 aromatic carbocycles. The maximum Gasteiger partial charge on any atom is 0.332 e. The van der Waals surface area contributed by atoms with Crippen molar-refractivity contribution in [2.24, 2.45) is 4.99 Å². The maximum absolute atomic E-state index is 12.6. The molecular formula is C15H20ClN3O4. The van der Waals surface area contributed by atoms with Crippen molar-refractivity contribution < 1.29 is 9.90 Å². The number of fused-ring (bicyclic) bond motifs is 1. The second-order valence-electron chi connectivity index (χ2n) is 5.56. The summed E-state index contributed by atoms with van der Waals surface area (Å²) in [5.74, 6) is -0.507. The summed E-state index contributed by atoms with van der Waals surface area (Å²) >= 11 is 5.94. The molecule has 1 aliphatic rings. The fraction of sp³-hybridized carbons (Fsp3) is 0.600. The molecule has 0 radical (unpaired) electrons. The molecule has 0 bridgehead atoms. The normalized spacial score (nSPS) is 13.0. The Balaban J connectivity index is 2.33. The summed E-state index contributed by atoms with van der Waals surface area (Å²) in [5, 5.41) is 8.96. The van der Waals surface area contributed by atoms with Crippen molar-refractivity contribution in [3.8, 4) is 0 Å². The highest BCUT2D eigenvalue weighted by Gasteiger charge is 2.24. The van der Waals surface area contributed by atoms with Crippen molar-refractivity contribution in [3.05, 3.63) is 26.4 Å². The Morgan fingerprint density at radius 2 is 1.91 bits per heavy atom. The van der Waals surface area contributed by atoms with E-state index < -0.39 is 11.7 Å². The number of rotatable bonds is 8. The van der Waals surface area contributed by atoms with E-state index in [1.165, 1.54) is 9.13 Å². The van der Waals surface area contributed by atoms with Crippen molar-refractivity contribution in [2.75, 3.05) is 0 Å². The van der Waals surface area contributed by atoms with Crippen molar-refractivity contribution in [1.82, 2.24) is 9.13 Å². The van der Waals surface area contributed by atoms with E-state index in [4.69, 9.17) is 16.7 Å². The molecule has 1 aromatic heterocycles. The van der Waals surface area contributed by atoms with E-state index in [1.807, 2.05) is 6.92 Å². The molecule has 126 valence electrons. The molecular weight excluding hydrogens is 322 g/mol. The highest BCUT2D eigenvalue weighted by Crippen LogP contribution is 2.24. The van der Waals surface area contributed by atoms with Crippen LogP contribution in [0.2, 0.25) is 0 Å². The van der Waals surface area contributed by atoms with Gasteiger partial charge in [0.1, 0.15) is 11.0 Å². The van der Waals surface area contributed by atoms with Crippen LogP contribution in [-0.2, 0) is 24.3 Å². The SMILES string of the molecule is CCCCn1c2c(c(=O)n(CCCCC(=O)O)c1=O)CC(Cl)=N2. The van der Waals surface area contributed by atoms with Gasteiger partial charge in [-0.05, 0) is 19.3 Å². The third-order valence-electron chi connectivity index (χ3n) is 3.80. The number of nitrogens with zero attached hydrogens (tertiary/aromatic N) is 3. The molecule has 0 unspecified atom stereocenters. The van der Waals surface area contributed by atoms with Gasteiger partial charge in [-0.1, -0.05) is 24.9 Å². The highest BCUT2D eigenvalue weighted by atomic mass is 35.5. The lowest BCUT2D eigenvalue weighted by atomic mass is 10.2. The van der Waals surface area contributed by atoms with Crippen molar-refractivity contribution >= 4 is 28.6 Å². The van der Waals surface area contributed by atoms with Gasteiger partial charge in [-0.25, -0.2) is 9.79 Å². The highest BCUT2D eigenvalue weighted by molar-refractivity contribution is 6.66. The molecule has 1 aliphatic heterocycles. The summed E-state index contributed by atoms with van der Waals surface area (Å²) in [5.41, 5.74) is -0.316. The number of carboxylic acids is 1. The minimum atomic E-state index is -0.883. The first-order valence-electron chi connectivity index (χ1n) is 7.77. The van der Waals surface area contributed by atoms with E-state index in [-0.39, 0.29) is 24.9 Å². The van der Waals surface area contributed by atoms with Gasteiger partial charge >= 0.3 is 11.7 Å². The molecule has 0 spiro atoms. The van der Waals surface area contributed by atoms with Crippen LogP contribution in [0, 0.1) is 0 Å². The maximum atomic E-state index is 12.6. The lowest BCUT2D eigenvalue weighted by Gasteiger charge is -2.13. The first-order valence-corrected chi connectivity index (χ1v) is 8.14. The number of halogens is 1. The summed E-state index contributed by atoms with van der Waals surface area (Å²) < 4.78 is 2.69. The Morgan fingerprint density at radius 3 is 2.57 bits per heavy atom. The zero-order valence-corrected chi connectivity index (χ0v) is 13.8. The van der Waals surface area contributed by atoms with E-state index in [0.29, 0.717) is 35.9 Å². The zero-order valence-electron chi connectivity index (χ0n) is 13.0. The number of carbonyl (C=O) groups is 1. The largest absolute Gasteiger partial charge is 0.481 e. The van der Waals surface area contributed by atoms with Crippen LogP contribution in [0.3, 0.4) is 0 Å². The lowest BCUT2D eigenvalue weighted by Crippen LogP contribution is -2.41. The third kappa shape index (κ3) is 3.90. The Morgan fingerprint density at radius 1 is 1.22 bits per heavy atom. The molecule has 2 rings (SSSR count). The van der Waals surface area contributed by atoms with Crippen molar-refractivity contribution in [1.29, 1.82) is 0 Å². The fourth-order valence-electron chi connectivity index (χ4n) is 2.59. The summed E-state index contributed by atoms with van der Waals surface area (Å²) in [6.07, 6.45) is 2.87. The number of hydrogen-bond acceptors (Lipinski definition) is 4. The first kappa shape index (κ1) is 17.5. The number of aliphatic imine (C=N–C) groups is 1. The van der Waals surface area contributed by atoms with Crippen LogP contribution in [0.5, 0.6) is 0 Å². The van der Waals surface area contributed by atoms with Gasteiger partial charge in [-0.15, -0.1) is 0 Å². The molecule has 0 saturated heterocycles. The summed E-state index contributed by atoms with van der Waals surface area (Å²) in [6, 6.07) is 0. The first-order chi connectivity index (χ1) is 11.0. The Kier molecular flexibility index (Phi) is 5.76. The van der Waals surface area contributed by atoms with Crippen LogP contribution >= 0.6 is 11.6 Å². The zero-order chi connectivity index (χ0) is 17.0. The topological polar surface area (TPSA) is 93.7 Å². The monoisotopic (exact) mass is 341 g/mol. The smallest absolute Gasteiger partial charge is 0.332 e. The molecule has 1 N–H and O–H groups in total. The number of aliphatic carboxylic acids is 1. The minimum Gasteiger partial charge on any atom is -0.481 e. The average molecular weight is 342 g/mol. The number of aromatic nitrogens is 2. The van der Waals surface area contributed by atoms with Crippen molar-refractivity contribution in [3.63, 3.8) is 0 Å². The summed E-state index contributed by atoms with van der Waals surface area (Å²) in [6.45, 7) is 2.71. The molecule has 0 fully saturated rings. The van der Waals surface area contributed by atoms with Gasteiger partial charge < -0.3 is 5.11 Å². The lowest BCUT2D eigenvalue weighted by molar-refractivity contribution is -0.137. The van der Waals surface area contributed by atoms with E-state index in [1.54, 1.807) is 0 Å². The Labute approximate surface area is 138 Å². The second kappa shape index (κ2) is 7.59. The molecule has 8 heteroatoms. The number of hydrogen-bond donors (Lipinski definition) is 1. The number of unbranched alkanes of at least 4 members (excludes halogenated alkanes) is 2. The standard InChI is InChI=1S/C15H20ClN3O4/c1-2-3-7-18-13-10(9-11(16)17-13)14(22)19(15(18)23)8-5-4-6-12(20)21/h2-9H2,1H3,(H,20,21). The second-order valence-corrected chi connectivity index (χ2v) is 6.00. The van der Waals surface area contributed by atoms with Crippen LogP contribution in [0.25, 0.3) is 0 Å². The molecule has 23 heavy (non-hydrogen) atoms. The van der Waals surface area contributed by atoms with Crippen LogP contribution < -0.4 is 11.2 Å². The van der Waals surface area contributed by atoms with Gasteiger partial charge in [0.2, 0.25) is 0 Å². The van der Waals surface area contributed by atoms with Gasteiger partial charge in [0.15, 0.2) is 0 Å². The summed E-state index contributed by atoms with van der Waals surface area (Å²) in [7, 11) is 0. The van der Waals surface area contributed by atoms with E-state index in [0.717, 1.165) is 12.8 Å². The average Bonchev–Trinajstić information content (AvgIpc) is 2.88. The van der Waals surface area contributed by atoms with Gasteiger partial charge in [0.05, 0.1) is 5.56 Å². The van der Waals surface area contributed by atoms with Crippen LogP contribution in [0.4, 0.5) is 5.82 Å². The quantitative estimate of drug-likeness (QED) is 0.730. The van der Waals surface area contributed by atoms with Crippen LogP contribution in [0.15, 0.2) is 14.6 Å². The molecule has 0 aliphatic carbocycles. The van der Waals surface area contributed by atoms with Gasteiger partial charge in [0, 0.05) is 25.9 Å². The van der Waals surface area contributed by atoms with Gasteiger partial charge in [-0.3, -0.25) is 18.7 Å². The van der Waals surface area contributed by atoms with E-state index in [9.17, 15) is 14.4 Å². The van der Waals surface area contributed by atoms with E-state index in [2.05, 4.69) is 4.99 Å². The molecule has 7 nitrogen and oxygen atoms in total. The molecule has 0 saturated carbocycles. The number of carboxylic acid groups (broad SMARTS) is 1. The summed E-state index contributed by atoms with van der Waals surface area (Å²) in [4.78, 5) is 39.8.